The van der Waals surface area contributed by atoms with E-state index in [2.05, 4.69) is 56.5 Å². The number of hydrogen-bond donors (Lipinski definition) is 1. The third-order valence-electron chi connectivity index (χ3n) is 4.41. The lowest BCUT2D eigenvalue weighted by molar-refractivity contribution is 0.314. The first-order valence-electron chi connectivity index (χ1n) is 8.48. The van der Waals surface area contributed by atoms with Crippen molar-refractivity contribution < 1.29 is 0 Å². The molecule has 0 radical (unpaired) electrons. The Morgan fingerprint density at radius 3 is 2.50 bits per heavy atom. The van der Waals surface area contributed by atoms with Crippen LogP contribution in [0.5, 0.6) is 0 Å². The summed E-state index contributed by atoms with van der Waals surface area (Å²) >= 11 is 0. The van der Waals surface area contributed by atoms with Crippen LogP contribution in [0.15, 0.2) is 66.8 Å². The van der Waals surface area contributed by atoms with Gasteiger partial charge in [0.25, 0.3) is 0 Å². The van der Waals surface area contributed by atoms with E-state index < -0.39 is 0 Å². The Balaban J connectivity index is 1.44. The van der Waals surface area contributed by atoms with Crippen molar-refractivity contribution in [3.63, 3.8) is 0 Å². The number of allylic oxidation sites excluding steroid dienone is 3. The largest absolute Gasteiger partial charge is 0.380 e. The fourth-order valence-electron chi connectivity index (χ4n) is 2.94. The topological polar surface area (TPSA) is 44.3 Å². The molecule has 0 atom stereocenters. The zero-order valence-electron chi connectivity index (χ0n) is 14.1. The second-order valence-electron chi connectivity index (χ2n) is 6.06. The quantitative estimate of drug-likeness (QED) is 0.871. The van der Waals surface area contributed by atoms with Gasteiger partial charge < -0.3 is 15.1 Å². The summed E-state index contributed by atoms with van der Waals surface area (Å²) in [6, 6.07) is 1.84. The first-order valence-corrected chi connectivity index (χ1v) is 8.48. The molecule has 126 valence electrons. The number of piperazine rings is 1. The Morgan fingerprint density at radius 1 is 1.08 bits per heavy atom. The Labute approximate surface area is 144 Å². The summed E-state index contributed by atoms with van der Waals surface area (Å²) in [5.74, 6) is 0.810. The lowest BCUT2D eigenvalue weighted by Crippen LogP contribution is -2.47. The molecule has 3 rings (SSSR count). The Hall–Kier alpha value is -2.56. The van der Waals surface area contributed by atoms with E-state index in [0.29, 0.717) is 0 Å². The molecule has 1 fully saturated rings. The fourth-order valence-corrected chi connectivity index (χ4v) is 2.94. The van der Waals surface area contributed by atoms with Gasteiger partial charge in [-0.25, -0.2) is 9.97 Å². The van der Waals surface area contributed by atoms with E-state index in [9.17, 15) is 0 Å². The number of aromatic nitrogens is 2. The van der Waals surface area contributed by atoms with Gasteiger partial charge in [0.05, 0.1) is 6.54 Å². The Kier molecular flexibility index (Phi) is 5.31. The van der Waals surface area contributed by atoms with Crippen LogP contribution in [0.2, 0.25) is 0 Å². The molecule has 24 heavy (non-hydrogen) atoms. The van der Waals surface area contributed by atoms with Crippen LogP contribution in [-0.2, 0) is 0 Å². The maximum Gasteiger partial charge on any atom is 0.225 e. The number of hydrogen-bond acceptors (Lipinski definition) is 5. The van der Waals surface area contributed by atoms with Gasteiger partial charge in [-0.15, -0.1) is 0 Å². The average Bonchev–Trinajstić information content (AvgIpc) is 2.67. The SMILES string of the molecule is C=C(NCC(=C)N1CCN(c2ncccn2)CC1)C1=CCCC=C1. The van der Waals surface area contributed by atoms with Gasteiger partial charge in [0.1, 0.15) is 0 Å². The van der Waals surface area contributed by atoms with Crippen molar-refractivity contribution in [1.82, 2.24) is 20.2 Å². The number of nitrogens with one attached hydrogen (secondary N) is 1. The van der Waals surface area contributed by atoms with Gasteiger partial charge in [-0.05, 0) is 24.5 Å². The second-order valence-corrected chi connectivity index (χ2v) is 6.06. The van der Waals surface area contributed by atoms with Gasteiger partial charge in [0, 0.05) is 50.0 Å². The number of nitrogens with zero attached hydrogens (tertiary/aromatic N) is 4. The highest BCUT2D eigenvalue weighted by atomic mass is 15.3. The van der Waals surface area contributed by atoms with Gasteiger partial charge in [0.15, 0.2) is 0 Å². The Morgan fingerprint density at radius 2 is 1.83 bits per heavy atom. The van der Waals surface area contributed by atoms with Crippen molar-refractivity contribution in [3.8, 4) is 0 Å². The molecular weight excluding hydrogens is 298 g/mol. The van der Waals surface area contributed by atoms with Crippen molar-refractivity contribution in [1.29, 1.82) is 0 Å². The average molecular weight is 323 g/mol. The van der Waals surface area contributed by atoms with Crippen molar-refractivity contribution in [2.45, 2.75) is 12.8 Å². The van der Waals surface area contributed by atoms with Gasteiger partial charge in [-0.3, -0.25) is 0 Å². The number of anilines is 1. The molecule has 0 unspecified atom stereocenters. The smallest absolute Gasteiger partial charge is 0.225 e. The van der Waals surface area contributed by atoms with Crippen LogP contribution >= 0.6 is 0 Å². The molecule has 2 aliphatic rings. The molecule has 0 spiro atoms. The molecule has 0 bridgehead atoms. The monoisotopic (exact) mass is 323 g/mol. The van der Waals surface area contributed by atoms with Crippen LogP contribution in [0.4, 0.5) is 5.95 Å². The summed E-state index contributed by atoms with van der Waals surface area (Å²) < 4.78 is 0. The van der Waals surface area contributed by atoms with E-state index in [4.69, 9.17) is 0 Å². The summed E-state index contributed by atoms with van der Waals surface area (Å²) in [7, 11) is 0. The molecule has 1 saturated heterocycles. The lowest BCUT2D eigenvalue weighted by Gasteiger charge is -2.37. The molecule has 1 aromatic heterocycles. The Bertz CT molecular complexity index is 639. The minimum absolute atomic E-state index is 0.728. The molecule has 0 saturated carbocycles. The summed E-state index contributed by atoms with van der Waals surface area (Å²) in [5, 5.41) is 3.40. The second kappa shape index (κ2) is 7.81. The molecule has 5 nitrogen and oxygen atoms in total. The third-order valence-corrected chi connectivity index (χ3v) is 4.41. The normalized spacial score (nSPS) is 17.4. The third kappa shape index (κ3) is 4.04. The predicted octanol–water partition coefficient (Wildman–Crippen LogP) is 2.49. The van der Waals surface area contributed by atoms with Crippen molar-refractivity contribution in [3.05, 3.63) is 66.8 Å². The first kappa shape index (κ1) is 16.3. The number of rotatable bonds is 6. The highest BCUT2D eigenvalue weighted by Gasteiger charge is 2.19. The molecule has 2 heterocycles. The van der Waals surface area contributed by atoms with Crippen LogP contribution in [0.3, 0.4) is 0 Å². The van der Waals surface area contributed by atoms with Crippen LogP contribution in [0.25, 0.3) is 0 Å². The molecule has 1 aromatic rings. The van der Waals surface area contributed by atoms with Crippen molar-refractivity contribution >= 4 is 5.95 Å². The first-order chi connectivity index (χ1) is 11.7. The zero-order chi connectivity index (χ0) is 16.8. The van der Waals surface area contributed by atoms with E-state index in [1.54, 1.807) is 12.4 Å². The fraction of sp³-hybridized carbons (Fsp3) is 0.368. The van der Waals surface area contributed by atoms with Crippen LogP contribution in [0, 0.1) is 0 Å². The van der Waals surface area contributed by atoms with E-state index in [0.717, 1.165) is 62.9 Å². The molecular formula is C19H25N5. The molecule has 1 aliphatic carbocycles. The van der Waals surface area contributed by atoms with Gasteiger partial charge in [-0.2, -0.15) is 0 Å². The minimum atomic E-state index is 0.728. The van der Waals surface area contributed by atoms with Crippen molar-refractivity contribution in [2.75, 3.05) is 37.6 Å². The molecule has 0 amide bonds. The van der Waals surface area contributed by atoms with E-state index in [1.807, 2.05) is 6.07 Å². The summed E-state index contributed by atoms with van der Waals surface area (Å²) in [5.41, 5.74) is 3.27. The van der Waals surface area contributed by atoms with Gasteiger partial charge in [0.2, 0.25) is 5.95 Å². The maximum atomic E-state index is 4.32. The lowest BCUT2D eigenvalue weighted by atomic mass is 10.1. The summed E-state index contributed by atoms with van der Waals surface area (Å²) in [6.07, 6.45) is 12.4. The van der Waals surface area contributed by atoms with E-state index >= 15 is 0 Å². The highest BCUT2D eigenvalue weighted by Crippen LogP contribution is 2.16. The summed E-state index contributed by atoms with van der Waals surface area (Å²) in [4.78, 5) is 13.2. The molecule has 1 aliphatic heterocycles. The van der Waals surface area contributed by atoms with E-state index in [-0.39, 0.29) is 0 Å². The van der Waals surface area contributed by atoms with Crippen LogP contribution in [-0.4, -0.2) is 47.6 Å². The molecule has 1 N–H and O–H groups in total. The minimum Gasteiger partial charge on any atom is -0.380 e. The van der Waals surface area contributed by atoms with Crippen LogP contribution < -0.4 is 10.2 Å². The predicted molar refractivity (Wildman–Crippen MR) is 98.6 cm³/mol. The van der Waals surface area contributed by atoms with Crippen molar-refractivity contribution in [2.24, 2.45) is 0 Å². The van der Waals surface area contributed by atoms with E-state index in [1.165, 1.54) is 5.57 Å². The maximum absolute atomic E-state index is 4.32. The van der Waals surface area contributed by atoms with Gasteiger partial charge in [-0.1, -0.05) is 31.4 Å². The summed E-state index contributed by atoms with van der Waals surface area (Å²) in [6.45, 7) is 12.8. The zero-order valence-corrected chi connectivity index (χ0v) is 14.1. The standard InChI is InChI=1S/C19H25N5/c1-16(15-22-17(2)18-7-4-3-5-8-18)23-11-13-24(14-12-23)19-20-9-6-10-21-19/h4,6-10,22H,1-3,5,11-15H2. The molecule has 0 aromatic carbocycles. The molecule has 5 heteroatoms. The van der Waals surface area contributed by atoms with Gasteiger partial charge >= 0.3 is 0 Å². The van der Waals surface area contributed by atoms with Crippen LogP contribution in [0.1, 0.15) is 12.8 Å². The highest BCUT2D eigenvalue weighted by molar-refractivity contribution is 5.38.